The Morgan fingerprint density at radius 1 is 1.15 bits per heavy atom. The van der Waals surface area contributed by atoms with Gasteiger partial charge in [0.25, 0.3) is 5.91 Å². The number of hydrogen-bond acceptors (Lipinski definition) is 5. The van der Waals surface area contributed by atoms with Crippen molar-refractivity contribution in [1.82, 2.24) is 16.0 Å². The largest absolute Gasteiger partial charge is 0.444 e. The van der Waals surface area contributed by atoms with Gasteiger partial charge in [0.15, 0.2) is 0 Å². The lowest BCUT2D eigenvalue weighted by Crippen LogP contribution is -2.45. The smallest absolute Gasteiger partial charge is 0.407 e. The first-order valence-corrected chi connectivity index (χ1v) is 14.4. The lowest BCUT2D eigenvalue weighted by Gasteiger charge is -2.39. The number of nitrogens with zero attached hydrogens (tertiary/aromatic N) is 1. The van der Waals surface area contributed by atoms with Gasteiger partial charge in [-0.25, -0.2) is 4.79 Å². The van der Waals surface area contributed by atoms with E-state index in [9.17, 15) is 9.59 Å². The normalized spacial score (nSPS) is 19.7. The molecule has 1 heterocycles. The highest BCUT2D eigenvalue weighted by molar-refractivity contribution is 6.31. The van der Waals surface area contributed by atoms with Crippen LogP contribution < -0.4 is 20.9 Å². The summed E-state index contributed by atoms with van der Waals surface area (Å²) >= 11 is 6.60. The molecule has 0 saturated heterocycles. The standard InChI is InChI=1S/C31H45ClN4O3/c1-9-25-26(29(37)33-18-27-19(3)15-20(4)34-21(27)5)16-22(32)17-28(25)36(10-2)24-13-11-23(12-14-24)35-30(38)39-31(6,7)8/h15-17,23-24,34H,5,9-14,18H2,1-4,6-8H3,(H,33,37)(H,35,38). The van der Waals surface area contributed by atoms with E-state index >= 15 is 0 Å². The summed E-state index contributed by atoms with van der Waals surface area (Å²) in [5.41, 5.74) is 6.03. The molecular weight excluding hydrogens is 512 g/mol. The highest BCUT2D eigenvalue weighted by Gasteiger charge is 2.29. The van der Waals surface area contributed by atoms with Gasteiger partial charge in [0.2, 0.25) is 0 Å². The third kappa shape index (κ3) is 8.04. The number of carbonyl (C=O) groups is 2. The first-order chi connectivity index (χ1) is 18.3. The number of alkyl carbamates (subject to hydrolysis) is 1. The molecule has 39 heavy (non-hydrogen) atoms. The van der Waals surface area contributed by atoms with E-state index in [0.717, 1.165) is 66.0 Å². The van der Waals surface area contributed by atoms with Crippen LogP contribution in [0.2, 0.25) is 5.02 Å². The Labute approximate surface area is 239 Å². The molecule has 0 bridgehead atoms. The maximum absolute atomic E-state index is 13.5. The molecule has 2 amide bonds. The van der Waals surface area contributed by atoms with Crippen molar-refractivity contribution in [3.8, 4) is 0 Å². The van der Waals surface area contributed by atoms with Crippen molar-refractivity contribution >= 4 is 29.3 Å². The summed E-state index contributed by atoms with van der Waals surface area (Å²) in [5, 5.41) is 9.91. The van der Waals surface area contributed by atoms with Gasteiger partial charge < -0.3 is 25.6 Å². The summed E-state index contributed by atoms with van der Waals surface area (Å²) < 4.78 is 5.43. The number of rotatable bonds is 8. The molecule has 3 rings (SSSR count). The monoisotopic (exact) mass is 556 g/mol. The molecule has 1 aliphatic heterocycles. The van der Waals surface area contributed by atoms with Crippen LogP contribution in [0.15, 0.2) is 47.3 Å². The molecule has 1 saturated carbocycles. The summed E-state index contributed by atoms with van der Waals surface area (Å²) in [6.07, 6.45) is 6.01. The predicted octanol–water partition coefficient (Wildman–Crippen LogP) is 6.63. The molecule has 1 fully saturated rings. The van der Waals surface area contributed by atoms with E-state index in [2.05, 4.69) is 47.4 Å². The van der Waals surface area contributed by atoms with E-state index in [1.165, 1.54) is 0 Å². The summed E-state index contributed by atoms with van der Waals surface area (Å²) in [6, 6.07) is 4.15. The molecule has 0 spiro atoms. The molecule has 214 valence electrons. The number of dihydropyridines is 1. The van der Waals surface area contributed by atoms with Crippen molar-refractivity contribution in [2.45, 2.75) is 98.3 Å². The highest BCUT2D eigenvalue weighted by atomic mass is 35.5. The molecule has 0 aromatic heterocycles. The molecule has 3 N–H and O–H groups in total. The van der Waals surface area contributed by atoms with Gasteiger partial charge in [0.1, 0.15) is 5.60 Å². The van der Waals surface area contributed by atoms with Crippen LogP contribution in [0.4, 0.5) is 10.5 Å². The van der Waals surface area contributed by atoms with Gasteiger partial charge in [-0.15, -0.1) is 0 Å². The summed E-state index contributed by atoms with van der Waals surface area (Å²) in [4.78, 5) is 28.1. The topological polar surface area (TPSA) is 82.7 Å². The molecule has 7 nitrogen and oxygen atoms in total. The fourth-order valence-electron chi connectivity index (χ4n) is 5.59. The molecular formula is C31H45ClN4O3. The molecule has 2 aliphatic rings. The second kappa shape index (κ2) is 12.9. The van der Waals surface area contributed by atoms with E-state index in [1.54, 1.807) is 6.07 Å². The number of benzene rings is 1. The molecule has 0 radical (unpaired) electrons. The Kier molecular flexibility index (Phi) is 10.2. The summed E-state index contributed by atoms with van der Waals surface area (Å²) in [7, 11) is 0. The Hall–Kier alpha value is -2.93. The average molecular weight is 557 g/mol. The third-order valence-corrected chi connectivity index (χ3v) is 7.56. The second-order valence-electron chi connectivity index (χ2n) is 11.5. The Balaban J connectivity index is 1.75. The van der Waals surface area contributed by atoms with E-state index in [4.69, 9.17) is 16.3 Å². The van der Waals surface area contributed by atoms with Crippen molar-refractivity contribution < 1.29 is 14.3 Å². The minimum Gasteiger partial charge on any atom is -0.444 e. The number of amides is 2. The van der Waals surface area contributed by atoms with Gasteiger partial charge in [0.05, 0.1) is 0 Å². The van der Waals surface area contributed by atoms with Gasteiger partial charge in [-0.1, -0.05) is 25.1 Å². The minimum atomic E-state index is -0.513. The number of allylic oxidation sites excluding steroid dienone is 3. The fourth-order valence-corrected chi connectivity index (χ4v) is 5.81. The van der Waals surface area contributed by atoms with Crippen LogP contribution in [0, 0.1) is 0 Å². The average Bonchev–Trinajstić information content (AvgIpc) is 2.83. The maximum atomic E-state index is 13.5. The van der Waals surface area contributed by atoms with Crippen molar-refractivity contribution in [2.24, 2.45) is 0 Å². The number of halogens is 1. The van der Waals surface area contributed by atoms with Crippen LogP contribution in [0.25, 0.3) is 0 Å². The highest BCUT2D eigenvalue weighted by Crippen LogP contribution is 2.34. The zero-order valence-electron chi connectivity index (χ0n) is 24.6. The maximum Gasteiger partial charge on any atom is 0.407 e. The predicted molar refractivity (Wildman–Crippen MR) is 160 cm³/mol. The second-order valence-corrected chi connectivity index (χ2v) is 12.0. The van der Waals surface area contributed by atoms with Crippen molar-refractivity contribution in [3.05, 3.63) is 63.5 Å². The zero-order valence-corrected chi connectivity index (χ0v) is 25.3. The van der Waals surface area contributed by atoms with E-state index in [1.807, 2.05) is 40.7 Å². The van der Waals surface area contributed by atoms with Crippen LogP contribution in [-0.2, 0) is 11.2 Å². The van der Waals surface area contributed by atoms with Crippen LogP contribution in [0.5, 0.6) is 0 Å². The zero-order chi connectivity index (χ0) is 28.9. The van der Waals surface area contributed by atoms with E-state index in [-0.39, 0.29) is 18.0 Å². The Morgan fingerprint density at radius 3 is 2.38 bits per heavy atom. The van der Waals surface area contributed by atoms with Crippen molar-refractivity contribution in [1.29, 1.82) is 0 Å². The molecule has 8 heteroatoms. The van der Waals surface area contributed by atoms with Crippen molar-refractivity contribution in [3.63, 3.8) is 0 Å². The molecule has 1 aromatic carbocycles. The molecule has 0 atom stereocenters. The van der Waals surface area contributed by atoms with Gasteiger partial charge in [-0.2, -0.15) is 0 Å². The third-order valence-electron chi connectivity index (χ3n) is 7.34. The lowest BCUT2D eigenvalue weighted by molar-refractivity contribution is 0.0491. The van der Waals surface area contributed by atoms with Gasteiger partial charge in [0, 0.05) is 52.8 Å². The minimum absolute atomic E-state index is 0.0987. The van der Waals surface area contributed by atoms with Gasteiger partial charge >= 0.3 is 6.09 Å². The van der Waals surface area contributed by atoms with E-state index < -0.39 is 5.60 Å². The lowest BCUT2D eigenvalue weighted by atomic mass is 9.89. The summed E-state index contributed by atoms with van der Waals surface area (Å²) in [6.45, 7) is 19.1. The fraction of sp³-hybridized carbons (Fsp3) is 0.548. The number of anilines is 1. The van der Waals surface area contributed by atoms with Crippen LogP contribution in [0.1, 0.15) is 90.1 Å². The molecule has 0 unspecified atom stereocenters. The summed E-state index contributed by atoms with van der Waals surface area (Å²) in [5.74, 6) is -0.142. The molecule has 1 aliphatic carbocycles. The van der Waals surface area contributed by atoms with Crippen LogP contribution in [0.3, 0.4) is 0 Å². The number of hydrogen-bond donors (Lipinski definition) is 3. The van der Waals surface area contributed by atoms with Crippen molar-refractivity contribution in [2.75, 3.05) is 18.0 Å². The first-order valence-electron chi connectivity index (χ1n) is 14.0. The number of carbonyl (C=O) groups excluding carboxylic acids is 2. The molecule has 1 aromatic rings. The van der Waals surface area contributed by atoms with Gasteiger partial charge in [-0.3, -0.25) is 4.79 Å². The SMILES string of the molecule is C=C1NC(C)=CC(C)=C1CNC(=O)c1cc(Cl)cc(N(CC)C2CCC(NC(=O)OC(C)(C)C)CC2)c1CC. The Morgan fingerprint density at radius 2 is 1.82 bits per heavy atom. The van der Waals surface area contributed by atoms with Gasteiger partial charge in [-0.05, 0) is 109 Å². The number of ether oxygens (including phenoxy) is 1. The van der Waals surface area contributed by atoms with Crippen LogP contribution in [-0.4, -0.2) is 42.8 Å². The first kappa shape index (κ1) is 30.6. The Bertz CT molecular complexity index is 1160. The number of nitrogens with one attached hydrogen (secondary N) is 3. The van der Waals surface area contributed by atoms with E-state index in [0.29, 0.717) is 29.6 Å². The van der Waals surface area contributed by atoms with Crippen LogP contribution >= 0.6 is 11.6 Å². The quantitative estimate of drug-likeness (QED) is 0.335.